The molecule has 164 valence electrons. The van der Waals surface area contributed by atoms with Crippen LogP contribution in [0.3, 0.4) is 0 Å². The summed E-state index contributed by atoms with van der Waals surface area (Å²) in [6.07, 6.45) is 0. The van der Waals surface area contributed by atoms with Crippen LogP contribution < -0.4 is 4.90 Å². The van der Waals surface area contributed by atoms with E-state index in [2.05, 4.69) is 0 Å². The lowest BCUT2D eigenvalue weighted by Crippen LogP contribution is -2.40. The fraction of sp³-hybridized carbons (Fsp3) is 0.261. The van der Waals surface area contributed by atoms with E-state index in [4.69, 9.17) is 26.1 Å². The van der Waals surface area contributed by atoms with Crippen LogP contribution in [0.1, 0.15) is 11.6 Å². The van der Waals surface area contributed by atoms with Gasteiger partial charge >= 0.3 is 5.97 Å². The van der Waals surface area contributed by atoms with E-state index in [0.29, 0.717) is 53.3 Å². The van der Waals surface area contributed by atoms with Crippen LogP contribution in [0.5, 0.6) is 0 Å². The van der Waals surface area contributed by atoms with Crippen LogP contribution in [0.2, 0.25) is 5.02 Å². The van der Waals surface area contributed by atoms with Gasteiger partial charge in [-0.2, -0.15) is 0 Å². The van der Waals surface area contributed by atoms with Gasteiger partial charge in [0.25, 0.3) is 5.91 Å². The second kappa shape index (κ2) is 8.54. The quantitative estimate of drug-likeness (QED) is 0.541. The Morgan fingerprint density at radius 2 is 1.97 bits per heavy atom. The van der Waals surface area contributed by atoms with Gasteiger partial charge in [-0.25, -0.2) is 9.78 Å². The standard InChI is InChI=1S/C23H20ClN3O4S/c1-30-22(29)18-19(14-5-4-6-15(24)13-14)27(21(28)20(18)26-9-11-31-12-10-26)23-25-16-7-2-3-8-17(16)32-23/h2-8,13,19H,9-12H2,1H3. The van der Waals surface area contributed by atoms with Crippen LogP contribution >= 0.6 is 22.9 Å². The molecule has 0 saturated carbocycles. The minimum absolute atomic E-state index is 0.281. The monoisotopic (exact) mass is 469 g/mol. The van der Waals surface area contributed by atoms with Crippen molar-refractivity contribution in [3.8, 4) is 0 Å². The first-order valence-electron chi connectivity index (χ1n) is 10.2. The van der Waals surface area contributed by atoms with Gasteiger partial charge in [0.15, 0.2) is 5.13 Å². The number of carbonyl (C=O) groups excluding carboxylic acids is 2. The van der Waals surface area contributed by atoms with Crippen LogP contribution in [0.25, 0.3) is 10.2 Å². The van der Waals surface area contributed by atoms with Gasteiger partial charge in [0, 0.05) is 18.1 Å². The number of aromatic nitrogens is 1. The first kappa shape index (κ1) is 20.9. The number of morpholine rings is 1. The van der Waals surface area contributed by atoms with Crippen molar-refractivity contribution in [1.82, 2.24) is 9.88 Å². The summed E-state index contributed by atoms with van der Waals surface area (Å²) in [4.78, 5) is 35.2. The third kappa shape index (κ3) is 3.54. The fourth-order valence-electron chi connectivity index (χ4n) is 4.17. The second-order valence-corrected chi connectivity index (χ2v) is 8.90. The normalized spacial score (nSPS) is 19.2. The zero-order valence-electron chi connectivity index (χ0n) is 17.3. The van der Waals surface area contributed by atoms with E-state index in [-0.39, 0.29) is 5.91 Å². The molecule has 1 atom stereocenters. The SMILES string of the molecule is COC(=O)C1=C(N2CCOCC2)C(=O)N(c2nc3ccccc3s2)C1c1cccc(Cl)c1. The number of nitrogens with zero attached hydrogens (tertiary/aromatic N) is 3. The average molecular weight is 470 g/mol. The van der Waals surface area contributed by atoms with E-state index in [1.54, 1.807) is 23.1 Å². The molecule has 1 saturated heterocycles. The number of methoxy groups -OCH3 is 1. The largest absolute Gasteiger partial charge is 0.466 e. The van der Waals surface area contributed by atoms with Crippen LogP contribution in [0.15, 0.2) is 59.8 Å². The number of hydrogen-bond acceptors (Lipinski definition) is 7. The summed E-state index contributed by atoms with van der Waals surface area (Å²) in [5.74, 6) is -0.829. The highest BCUT2D eigenvalue weighted by Gasteiger charge is 2.48. The number of thiazole rings is 1. The third-order valence-corrected chi connectivity index (χ3v) is 6.86. The molecule has 9 heteroatoms. The zero-order chi connectivity index (χ0) is 22.2. The Kier molecular flexibility index (Phi) is 5.58. The fourth-order valence-corrected chi connectivity index (χ4v) is 5.36. The number of benzene rings is 2. The maximum atomic E-state index is 13.9. The van der Waals surface area contributed by atoms with Gasteiger partial charge < -0.3 is 14.4 Å². The number of carbonyl (C=O) groups is 2. The smallest absolute Gasteiger partial charge is 0.338 e. The van der Waals surface area contributed by atoms with E-state index in [0.717, 1.165) is 10.2 Å². The Labute approximate surface area is 193 Å². The van der Waals surface area contributed by atoms with E-state index >= 15 is 0 Å². The Morgan fingerprint density at radius 1 is 1.19 bits per heavy atom. The number of ether oxygens (including phenoxy) is 2. The summed E-state index contributed by atoms with van der Waals surface area (Å²) in [5.41, 5.74) is 2.14. The highest BCUT2D eigenvalue weighted by Crippen LogP contribution is 2.45. The lowest BCUT2D eigenvalue weighted by Gasteiger charge is -2.29. The first-order valence-corrected chi connectivity index (χ1v) is 11.4. The van der Waals surface area contributed by atoms with E-state index < -0.39 is 12.0 Å². The topological polar surface area (TPSA) is 72.0 Å². The molecule has 2 aromatic carbocycles. The van der Waals surface area contributed by atoms with E-state index in [1.165, 1.54) is 18.4 Å². The molecular weight excluding hydrogens is 450 g/mol. The number of anilines is 1. The number of fused-ring (bicyclic) bond motifs is 1. The lowest BCUT2D eigenvalue weighted by atomic mass is 9.99. The summed E-state index contributed by atoms with van der Waals surface area (Å²) in [6, 6.07) is 14.2. The predicted molar refractivity (Wildman–Crippen MR) is 123 cm³/mol. The second-order valence-electron chi connectivity index (χ2n) is 7.45. The molecule has 1 aromatic heterocycles. The minimum atomic E-state index is -0.702. The Hall–Kier alpha value is -2.94. The number of rotatable bonds is 4. The van der Waals surface area contributed by atoms with E-state index in [9.17, 15) is 9.59 Å². The number of esters is 1. The Bertz CT molecular complexity index is 1200. The molecule has 3 aromatic rings. The molecule has 1 unspecified atom stereocenters. The van der Waals surface area contributed by atoms with Crippen molar-refractivity contribution in [2.75, 3.05) is 38.3 Å². The summed E-state index contributed by atoms with van der Waals surface area (Å²) in [7, 11) is 1.33. The summed E-state index contributed by atoms with van der Waals surface area (Å²) >= 11 is 7.70. The van der Waals surface area contributed by atoms with Crippen molar-refractivity contribution in [2.24, 2.45) is 0 Å². The van der Waals surface area contributed by atoms with Crippen molar-refractivity contribution >= 4 is 50.2 Å². The molecule has 1 amide bonds. The molecule has 0 N–H and O–H groups in total. The molecule has 0 spiro atoms. The van der Waals surface area contributed by atoms with Gasteiger partial charge in [0.1, 0.15) is 5.70 Å². The molecule has 32 heavy (non-hydrogen) atoms. The van der Waals surface area contributed by atoms with Gasteiger partial charge in [-0.15, -0.1) is 0 Å². The summed E-state index contributed by atoms with van der Waals surface area (Å²) in [5, 5.41) is 1.04. The van der Waals surface area contributed by atoms with Crippen LogP contribution in [-0.2, 0) is 19.1 Å². The maximum Gasteiger partial charge on any atom is 0.338 e. The van der Waals surface area contributed by atoms with Crippen LogP contribution in [-0.4, -0.2) is 55.2 Å². The summed E-state index contributed by atoms with van der Waals surface area (Å²) < 4.78 is 11.6. The van der Waals surface area contributed by atoms with Crippen LogP contribution in [0, 0.1) is 0 Å². The van der Waals surface area contributed by atoms with Gasteiger partial charge in [-0.3, -0.25) is 9.69 Å². The summed E-state index contributed by atoms with van der Waals surface area (Å²) in [6.45, 7) is 1.98. The number of halogens is 1. The maximum absolute atomic E-state index is 13.9. The molecule has 7 nitrogen and oxygen atoms in total. The molecule has 0 bridgehead atoms. The number of para-hydroxylation sites is 1. The van der Waals surface area contributed by atoms with Gasteiger partial charge in [0.05, 0.1) is 42.2 Å². The van der Waals surface area contributed by atoms with Crippen molar-refractivity contribution in [1.29, 1.82) is 0 Å². The van der Waals surface area contributed by atoms with E-state index in [1.807, 2.05) is 35.2 Å². The van der Waals surface area contributed by atoms with Gasteiger partial charge in [-0.05, 0) is 29.8 Å². The highest BCUT2D eigenvalue weighted by molar-refractivity contribution is 7.22. The molecule has 2 aliphatic rings. The molecule has 0 radical (unpaired) electrons. The zero-order valence-corrected chi connectivity index (χ0v) is 18.9. The molecule has 5 rings (SSSR count). The molecule has 0 aliphatic carbocycles. The van der Waals surface area contributed by atoms with Crippen LogP contribution in [0.4, 0.5) is 5.13 Å². The Morgan fingerprint density at radius 3 is 2.69 bits per heavy atom. The molecule has 2 aliphatic heterocycles. The molecular formula is C23H20ClN3O4S. The van der Waals surface area contributed by atoms with Gasteiger partial charge in [0.2, 0.25) is 0 Å². The molecule has 3 heterocycles. The number of hydrogen-bond donors (Lipinski definition) is 0. The highest BCUT2D eigenvalue weighted by atomic mass is 35.5. The van der Waals surface area contributed by atoms with Crippen molar-refractivity contribution in [3.05, 3.63) is 70.4 Å². The third-order valence-electron chi connectivity index (χ3n) is 5.59. The molecule has 1 fully saturated rings. The Balaban J connectivity index is 1.72. The average Bonchev–Trinajstić information content (AvgIpc) is 3.37. The van der Waals surface area contributed by atoms with Gasteiger partial charge in [-0.1, -0.05) is 47.2 Å². The van der Waals surface area contributed by atoms with Crippen molar-refractivity contribution in [3.63, 3.8) is 0 Å². The predicted octanol–water partition coefficient (Wildman–Crippen LogP) is 3.80. The first-order chi connectivity index (χ1) is 15.6. The lowest BCUT2D eigenvalue weighted by molar-refractivity contribution is -0.136. The van der Waals surface area contributed by atoms with Crippen molar-refractivity contribution in [2.45, 2.75) is 6.04 Å². The van der Waals surface area contributed by atoms with Crippen molar-refractivity contribution < 1.29 is 19.1 Å². The minimum Gasteiger partial charge on any atom is -0.466 e. The number of amides is 1.